The predicted octanol–water partition coefficient (Wildman–Crippen LogP) is 5.62. The SMILES string of the molecule is Cn1c(NC(=O)c2ccccc2F)c(-c2cccc(C(F)(F)F)c2)c(=O)c2ccccc21. The number of rotatable bonds is 3. The molecule has 0 spiro atoms. The molecule has 8 heteroatoms. The molecule has 0 aliphatic carbocycles. The fraction of sp³-hybridized carbons (Fsp3) is 0.0833. The lowest BCUT2D eigenvalue weighted by atomic mass is 10.00. The van der Waals surface area contributed by atoms with Crippen LogP contribution in [0.1, 0.15) is 15.9 Å². The molecule has 1 heterocycles. The number of benzene rings is 3. The van der Waals surface area contributed by atoms with Crippen LogP contribution in [0, 0.1) is 5.82 Å². The van der Waals surface area contributed by atoms with Crippen LogP contribution in [0.3, 0.4) is 0 Å². The monoisotopic (exact) mass is 440 g/mol. The zero-order valence-corrected chi connectivity index (χ0v) is 16.7. The Hall–Kier alpha value is -3.94. The minimum Gasteiger partial charge on any atom is -0.330 e. The van der Waals surface area contributed by atoms with Crippen LogP contribution in [-0.2, 0) is 13.2 Å². The standard InChI is InChI=1S/C24H16F4N2O2/c1-30-19-12-5-3-10-17(19)21(31)20(14-7-6-8-15(13-14)24(26,27)28)22(30)29-23(32)16-9-2-4-11-18(16)25/h2-13H,1H3,(H,29,32). The van der Waals surface area contributed by atoms with Gasteiger partial charge in [0.25, 0.3) is 5.91 Å². The van der Waals surface area contributed by atoms with E-state index in [-0.39, 0.29) is 27.9 Å². The predicted molar refractivity (Wildman–Crippen MR) is 114 cm³/mol. The number of hydrogen-bond donors (Lipinski definition) is 1. The molecule has 4 rings (SSSR count). The molecule has 1 amide bonds. The third-order valence-electron chi connectivity index (χ3n) is 5.14. The van der Waals surface area contributed by atoms with E-state index in [0.29, 0.717) is 5.52 Å². The van der Waals surface area contributed by atoms with Crippen LogP contribution in [-0.4, -0.2) is 10.5 Å². The summed E-state index contributed by atoms with van der Waals surface area (Å²) in [5.41, 5.74) is -1.43. The molecule has 0 unspecified atom stereocenters. The molecule has 3 aromatic carbocycles. The number of carbonyl (C=O) groups excluding carboxylic acids is 1. The number of hydrogen-bond acceptors (Lipinski definition) is 2. The molecular formula is C24H16F4N2O2. The zero-order chi connectivity index (χ0) is 23.0. The molecular weight excluding hydrogens is 424 g/mol. The smallest absolute Gasteiger partial charge is 0.330 e. The average molecular weight is 440 g/mol. The summed E-state index contributed by atoms with van der Waals surface area (Å²) in [6.45, 7) is 0. The maximum absolute atomic E-state index is 14.1. The zero-order valence-electron chi connectivity index (χ0n) is 16.7. The van der Waals surface area contributed by atoms with Crippen molar-refractivity contribution in [2.24, 2.45) is 7.05 Å². The Kier molecular flexibility index (Phi) is 5.30. The fourth-order valence-corrected chi connectivity index (χ4v) is 3.57. The van der Waals surface area contributed by atoms with Crippen molar-refractivity contribution in [1.82, 2.24) is 4.57 Å². The molecule has 0 bridgehead atoms. The second kappa shape index (κ2) is 7.96. The lowest BCUT2D eigenvalue weighted by molar-refractivity contribution is -0.137. The van der Waals surface area contributed by atoms with Gasteiger partial charge in [-0.25, -0.2) is 4.39 Å². The van der Waals surface area contributed by atoms with Crippen LogP contribution in [0.15, 0.2) is 77.6 Å². The van der Waals surface area contributed by atoms with Gasteiger partial charge in [0, 0.05) is 12.4 Å². The van der Waals surface area contributed by atoms with E-state index in [1.54, 1.807) is 31.3 Å². The van der Waals surface area contributed by atoms with E-state index >= 15 is 0 Å². The largest absolute Gasteiger partial charge is 0.416 e. The van der Waals surface area contributed by atoms with Crippen LogP contribution < -0.4 is 10.7 Å². The number of amides is 1. The number of nitrogens with zero attached hydrogens (tertiary/aromatic N) is 1. The summed E-state index contributed by atoms with van der Waals surface area (Å²) in [4.78, 5) is 26.1. The number of nitrogens with one attached hydrogen (secondary N) is 1. The summed E-state index contributed by atoms with van der Waals surface area (Å²) >= 11 is 0. The number of halogens is 4. The second-order valence-electron chi connectivity index (χ2n) is 7.14. The Morgan fingerprint density at radius 3 is 2.34 bits per heavy atom. The van der Waals surface area contributed by atoms with E-state index in [1.807, 2.05) is 0 Å². The van der Waals surface area contributed by atoms with Crippen molar-refractivity contribution in [1.29, 1.82) is 0 Å². The van der Waals surface area contributed by atoms with E-state index in [1.165, 1.54) is 34.9 Å². The number of carbonyl (C=O) groups is 1. The van der Waals surface area contributed by atoms with Crippen LogP contribution in [0.4, 0.5) is 23.4 Å². The summed E-state index contributed by atoms with van der Waals surface area (Å²) < 4.78 is 55.5. The highest BCUT2D eigenvalue weighted by Crippen LogP contribution is 2.34. The number of para-hydroxylation sites is 1. The molecule has 0 saturated carbocycles. The van der Waals surface area contributed by atoms with Gasteiger partial charge < -0.3 is 9.88 Å². The highest BCUT2D eigenvalue weighted by atomic mass is 19.4. The van der Waals surface area contributed by atoms with Crippen molar-refractivity contribution in [3.05, 3.63) is 100.0 Å². The number of alkyl halides is 3. The van der Waals surface area contributed by atoms with Gasteiger partial charge in [0.2, 0.25) is 0 Å². The molecule has 4 nitrogen and oxygen atoms in total. The Labute approximate surface area is 179 Å². The minimum atomic E-state index is -4.62. The van der Waals surface area contributed by atoms with Crippen molar-refractivity contribution in [2.75, 3.05) is 5.32 Å². The van der Waals surface area contributed by atoms with Crippen molar-refractivity contribution < 1.29 is 22.4 Å². The maximum Gasteiger partial charge on any atom is 0.416 e. The summed E-state index contributed by atoms with van der Waals surface area (Å²) in [6.07, 6.45) is -4.62. The molecule has 0 saturated heterocycles. The highest BCUT2D eigenvalue weighted by molar-refractivity contribution is 6.07. The van der Waals surface area contributed by atoms with Gasteiger partial charge in [0.15, 0.2) is 5.43 Å². The van der Waals surface area contributed by atoms with Crippen molar-refractivity contribution in [3.63, 3.8) is 0 Å². The van der Waals surface area contributed by atoms with Gasteiger partial charge in [-0.1, -0.05) is 36.4 Å². The lowest BCUT2D eigenvalue weighted by Crippen LogP contribution is -2.22. The van der Waals surface area contributed by atoms with Crippen molar-refractivity contribution >= 4 is 22.6 Å². The molecule has 4 aromatic rings. The third kappa shape index (κ3) is 3.75. The summed E-state index contributed by atoms with van der Waals surface area (Å²) in [6, 6.07) is 16.1. The molecule has 1 aromatic heterocycles. The molecule has 0 radical (unpaired) electrons. The fourth-order valence-electron chi connectivity index (χ4n) is 3.57. The van der Waals surface area contributed by atoms with Gasteiger partial charge in [0.1, 0.15) is 11.6 Å². The first kappa shape index (κ1) is 21.3. The first-order valence-corrected chi connectivity index (χ1v) is 9.53. The Bertz CT molecular complexity index is 1410. The van der Waals surface area contributed by atoms with E-state index in [2.05, 4.69) is 5.32 Å². The Morgan fingerprint density at radius 2 is 1.62 bits per heavy atom. The topological polar surface area (TPSA) is 51.1 Å². The Balaban J connectivity index is 1.98. The van der Waals surface area contributed by atoms with Gasteiger partial charge >= 0.3 is 6.18 Å². The second-order valence-corrected chi connectivity index (χ2v) is 7.14. The van der Waals surface area contributed by atoms with Crippen molar-refractivity contribution in [2.45, 2.75) is 6.18 Å². The number of aryl methyl sites for hydroxylation is 1. The van der Waals surface area contributed by atoms with Crippen molar-refractivity contribution in [3.8, 4) is 11.1 Å². The lowest BCUT2D eigenvalue weighted by Gasteiger charge is -2.19. The summed E-state index contributed by atoms with van der Waals surface area (Å²) in [5.74, 6) is -1.64. The average Bonchev–Trinajstić information content (AvgIpc) is 2.77. The van der Waals surface area contributed by atoms with E-state index in [4.69, 9.17) is 0 Å². The molecule has 32 heavy (non-hydrogen) atoms. The van der Waals surface area contributed by atoms with Crippen LogP contribution in [0.5, 0.6) is 0 Å². The van der Waals surface area contributed by atoms with Crippen LogP contribution in [0.25, 0.3) is 22.0 Å². The first-order chi connectivity index (χ1) is 15.2. The van der Waals surface area contributed by atoms with Gasteiger partial charge in [-0.05, 0) is 42.0 Å². The molecule has 1 N–H and O–H groups in total. The summed E-state index contributed by atoms with van der Waals surface area (Å²) in [5, 5.41) is 2.80. The number of anilines is 1. The van der Waals surface area contributed by atoms with E-state index in [0.717, 1.165) is 18.2 Å². The van der Waals surface area contributed by atoms with E-state index < -0.39 is 28.9 Å². The van der Waals surface area contributed by atoms with Gasteiger partial charge in [0.05, 0.1) is 22.2 Å². The normalized spacial score (nSPS) is 11.5. The number of aromatic nitrogens is 1. The molecule has 162 valence electrons. The molecule has 0 atom stereocenters. The van der Waals surface area contributed by atoms with Crippen LogP contribution in [0.2, 0.25) is 0 Å². The number of fused-ring (bicyclic) bond motifs is 1. The third-order valence-corrected chi connectivity index (χ3v) is 5.14. The molecule has 0 aliphatic rings. The highest BCUT2D eigenvalue weighted by Gasteiger charge is 2.31. The summed E-state index contributed by atoms with van der Waals surface area (Å²) in [7, 11) is 1.57. The molecule has 0 aliphatic heterocycles. The van der Waals surface area contributed by atoms with Gasteiger partial charge in [-0.3, -0.25) is 9.59 Å². The van der Waals surface area contributed by atoms with E-state index in [9.17, 15) is 27.2 Å². The minimum absolute atomic E-state index is 0.0185. The molecule has 0 fully saturated rings. The Morgan fingerprint density at radius 1 is 0.938 bits per heavy atom. The van der Waals surface area contributed by atoms with Gasteiger partial charge in [-0.15, -0.1) is 0 Å². The quantitative estimate of drug-likeness (QED) is 0.421. The maximum atomic E-state index is 14.1. The van der Waals surface area contributed by atoms with Crippen LogP contribution >= 0.6 is 0 Å². The first-order valence-electron chi connectivity index (χ1n) is 9.53. The number of pyridine rings is 1. The van der Waals surface area contributed by atoms with Gasteiger partial charge in [-0.2, -0.15) is 13.2 Å².